The van der Waals surface area contributed by atoms with Crippen LogP contribution in [-0.4, -0.2) is 26.8 Å². The van der Waals surface area contributed by atoms with E-state index in [1.54, 1.807) is 24.3 Å². The molecule has 1 aromatic carbocycles. The lowest BCUT2D eigenvalue weighted by atomic mass is 10.1. The maximum atomic E-state index is 11.9. The summed E-state index contributed by atoms with van der Waals surface area (Å²) in [7, 11) is 0. The number of halogens is 3. The molecule has 1 atom stereocenters. The molecule has 0 heterocycles. The van der Waals surface area contributed by atoms with Crippen molar-refractivity contribution in [1.82, 2.24) is 10.6 Å². The first-order chi connectivity index (χ1) is 11.6. The molecule has 0 aliphatic carbocycles. The fourth-order valence-corrected chi connectivity index (χ4v) is 2.42. The molecule has 5 nitrogen and oxygen atoms in total. The summed E-state index contributed by atoms with van der Waals surface area (Å²) in [5.74, 6) is -0.266. The van der Waals surface area contributed by atoms with Crippen molar-refractivity contribution >= 4 is 69.5 Å². The van der Waals surface area contributed by atoms with Crippen molar-refractivity contribution in [3.8, 4) is 0 Å². The van der Waals surface area contributed by atoms with Crippen LogP contribution in [0.1, 0.15) is 43.5 Å². The molecule has 9 heteroatoms. The Kier molecular flexibility index (Phi) is 8.93. The third-order valence-corrected chi connectivity index (χ3v) is 4.09. The largest absolute Gasteiger partial charge is 0.339 e. The first kappa shape index (κ1) is 22.0. The van der Waals surface area contributed by atoms with Crippen molar-refractivity contribution in [1.29, 1.82) is 0 Å². The smallest absolute Gasteiger partial charge is 0.228 e. The van der Waals surface area contributed by atoms with Gasteiger partial charge in [0.15, 0.2) is 10.9 Å². The van der Waals surface area contributed by atoms with Gasteiger partial charge in [0.25, 0.3) is 0 Å². The van der Waals surface area contributed by atoms with Gasteiger partial charge in [0, 0.05) is 17.7 Å². The number of hydrogen-bond acceptors (Lipinski definition) is 3. The number of thiocarbonyl (C=S) groups is 1. The van der Waals surface area contributed by atoms with Gasteiger partial charge < -0.3 is 16.0 Å². The van der Waals surface area contributed by atoms with Gasteiger partial charge in [-0.25, -0.2) is 0 Å². The molecule has 0 aromatic heterocycles. The van der Waals surface area contributed by atoms with Gasteiger partial charge >= 0.3 is 0 Å². The second-order valence-electron chi connectivity index (χ2n) is 5.38. The summed E-state index contributed by atoms with van der Waals surface area (Å²) in [6.45, 7) is 3.47. The average molecular weight is 425 g/mol. The minimum absolute atomic E-state index is 0.0293. The quantitative estimate of drug-likeness (QED) is 0.265. The molecule has 0 spiro atoms. The first-order valence-corrected chi connectivity index (χ1v) is 9.22. The van der Waals surface area contributed by atoms with Crippen LogP contribution < -0.4 is 16.0 Å². The second kappa shape index (κ2) is 10.2. The van der Waals surface area contributed by atoms with Gasteiger partial charge in [-0.05, 0) is 49.8 Å². The molecule has 0 bridgehead atoms. The van der Waals surface area contributed by atoms with Gasteiger partial charge in [-0.15, -0.1) is 0 Å². The Hall–Kier alpha value is -1.08. The van der Waals surface area contributed by atoms with Crippen molar-refractivity contribution in [2.75, 3.05) is 5.32 Å². The summed E-state index contributed by atoms with van der Waals surface area (Å²) in [5.41, 5.74) is 1.25. The van der Waals surface area contributed by atoms with Crippen LogP contribution in [0.3, 0.4) is 0 Å². The number of ketones is 1. The predicted molar refractivity (Wildman–Crippen MR) is 108 cm³/mol. The Bertz CT molecular complexity index is 618. The summed E-state index contributed by atoms with van der Waals surface area (Å²) in [6, 6.07) is 6.75. The lowest BCUT2D eigenvalue weighted by Crippen LogP contribution is -2.56. The number of anilines is 1. The van der Waals surface area contributed by atoms with Gasteiger partial charge in [-0.2, -0.15) is 0 Å². The summed E-state index contributed by atoms with van der Waals surface area (Å²) in [4.78, 5) is 23.1. The standard InChI is InChI=1S/C16H20Cl3N3O2S/c1-3-4-5-13(24)21-14(16(17,18)19)22-15(25)20-12-8-6-11(7-9-12)10(2)23/h6-9,14H,3-5H2,1-2H3,(H,21,24)(H2,20,22,25). The summed E-state index contributed by atoms with van der Waals surface area (Å²) in [5, 5.41) is 8.47. The monoisotopic (exact) mass is 423 g/mol. The van der Waals surface area contributed by atoms with E-state index < -0.39 is 9.96 Å². The van der Waals surface area contributed by atoms with Crippen LogP contribution in [0.5, 0.6) is 0 Å². The van der Waals surface area contributed by atoms with Crippen molar-refractivity contribution < 1.29 is 9.59 Å². The van der Waals surface area contributed by atoms with Gasteiger partial charge in [-0.1, -0.05) is 48.1 Å². The molecule has 1 amide bonds. The van der Waals surface area contributed by atoms with E-state index in [-0.39, 0.29) is 16.8 Å². The molecule has 1 rings (SSSR count). The van der Waals surface area contributed by atoms with Crippen LogP contribution >= 0.6 is 47.0 Å². The number of alkyl halides is 3. The van der Waals surface area contributed by atoms with Crippen molar-refractivity contribution in [2.24, 2.45) is 0 Å². The summed E-state index contributed by atoms with van der Waals surface area (Å²) < 4.78 is -1.79. The molecule has 138 valence electrons. The average Bonchev–Trinajstić information content (AvgIpc) is 2.51. The number of unbranched alkanes of at least 4 members (excludes halogenated alkanes) is 1. The van der Waals surface area contributed by atoms with E-state index in [0.29, 0.717) is 17.7 Å². The normalized spacial score (nSPS) is 12.2. The number of benzene rings is 1. The molecule has 0 saturated carbocycles. The van der Waals surface area contributed by atoms with Crippen LogP contribution in [0.15, 0.2) is 24.3 Å². The van der Waals surface area contributed by atoms with Crippen LogP contribution in [-0.2, 0) is 4.79 Å². The molecule has 0 fully saturated rings. The molecule has 0 radical (unpaired) electrons. The highest BCUT2D eigenvalue weighted by Gasteiger charge is 2.34. The van der Waals surface area contributed by atoms with Crippen LogP contribution in [0.4, 0.5) is 5.69 Å². The zero-order valence-electron chi connectivity index (χ0n) is 13.9. The number of carbonyl (C=O) groups excluding carboxylic acids is 2. The predicted octanol–water partition coefficient (Wildman–Crippen LogP) is 4.18. The highest BCUT2D eigenvalue weighted by Crippen LogP contribution is 2.29. The van der Waals surface area contributed by atoms with Crippen LogP contribution in [0, 0.1) is 0 Å². The van der Waals surface area contributed by atoms with Gasteiger partial charge in [0.2, 0.25) is 9.70 Å². The van der Waals surface area contributed by atoms with E-state index in [1.165, 1.54) is 6.92 Å². The third kappa shape index (κ3) is 8.23. The molecular weight excluding hydrogens is 405 g/mol. The Balaban J connectivity index is 2.68. The zero-order chi connectivity index (χ0) is 19.0. The molecule has 3 N–H and O–H groups in total. The fraction of sp³-hybridized carbons (Fsp3) is 0.438. The highest BCUT2D eigenvalue weighted by atomic mass is 35.6. The van der Waals surface area contributed by atoms with Crippen molar-refractivity contribution in [2.45, 2.75) is 43.1 Å². The molecule has 25 heavy (non-hydrogen) atoms. The minimum Gasteiger partial charge on any atom is -0.339 e. The van der Waals surface area contributed by atoms with E-state index in [2.05, 4.69) is 16.0 Å². The summed E-state index contributed by atoms with van der Waals surface area (Å²) >= 11 is 22.9. The lowest BCUT2D eigenvalue weighted by Gasteiger charge is -2.27. The second-order valence-corrected chi connectivity index (χ2v) is 8.15. The molecule has 0 aliphatic rings. The maximum absolute atomic E-state index is 11.9. The number of hydrogen-bond donors (Lipinski definition) is 3. The van der Waals surface area contributed by atoms with E-state index in [4.69, 9.17) is 47.0 Å². The first-order valence-electron chi connectivity index (χ1n) is 7.68. The van der Waals surface area contributed by atoms with E-state index in [9.17, 15) is 9.59 Å². The Morgan fingerprint density at radius 2 is 1.76 bits per heavy atom. The highest BCUT2D eigenvalue weighted by molar-refractivity contribution is 7.80. The van der Waals surface area contributed by atoms with Crippen molar-refractivity contribution in [3.05, 3.63) is 29.8 Å². The molecule has 1 unspecified atom stereocenters. The van der Waals surface area contributed by atoms with E-state index in [0.717, 1.165) is 12.8 Å². The number of Topliss-reactive ketones (excluding diaryl/α,β-unsaturated/α-hetero) is 1. The molecule has 0 aliphatic heterocycles. The topological polar surface area (TPSA) is 70.2 Å². The van der Waals surface area contributed by atoms with E-state index in [1.807, 2.05) is 6.92 Å². The van der Waals surface area contributed by atoms with Gasteiger partial charge in [-0.3, -0.25) is 9.59 Å². The van der Waals surface area contributed by atoms with E-state index >= 15 is 0 Å². The Labute approximate surface area is 167 Å². The van der Waals surface area contributed by atoms with Crippen LogP contribution in [0.25, 0.3) is 0 Å². The van der Waals surface area contributed by atoms with Gasteiger partial charge in [0.1, 0.15) is 6.17 Å². The minimum atomic E-state index is -1.79. The number of rotatable bonds is 7. The molecular formula is C16H20Cl3N3O2S. The number of carbonyl (C=O) groups is 2. The molecule has 1 aromatic rings. The summed E-state index contributed by atoms with van der Waals surface area (Å²) in [6.07, 6.45) is 0.972. The Morgan fingerprint density at radius 1 is 1.16 bits per heavy atom. The van der Waals surface area contributed by atoms with Crippen molar-refractivity contribution in [3.63, 3.8) is 0 Å². The zero-order valence-corrected chi connectivity index (χ0v) is 17.0. The SMILES string of the molecule is CCCCC(=O)NC(NC(=S)Nc1ccc(C(C)=O)cc1)C(Cl)(Cl)Cl. The maximum Gasteiger partial charge on any atom is 0.228 e. The lowest BCUT2D eigenvalue weighted by molar-refractivity contribution is -0.122. The Morgan fingerprint density at radius 3 is 2.24 bits per heavy atom. The van der Waals surface area contributed by atoms with Crippen LogP contribution in [0.2, 0.25) is 0 Å². The number of nitrogens with one attached hydrogen (secondary N) is 3. The third-order valence-electron chi connectivity index (χ3n) is 3.21. The number of amides is 1. The molecule has 0 saturated heterocycles. The van der Waals surface area contributed by atoms with Gasteiger partial charge in [0.05, 0.1) is 0 Å². The fourth-order valence-electron chi connectivity index (χ4n) is 1.86.